The minimum Gasteiger partial charge on any atom is -0.274 e. The third kappa shape index (κ3) is 5.08. The first kappa shape index (κ1) is 8.94. The molecule has 58 valence electrons. The molecule has 0 saturated heterocycles. The summed E-state index contributed by atoms with van der Waals surface area (Å²) in [4.78, 5) is 20.8. The van der Waals surface area contributed by atoms with Crippen LogP contribution in [0.15, 0.2) is 0 Å². The third-order valence-corrected chi connectivity index (χ3v) is 0.855. The van der Waals surface area contributed by atoms with E-state index in [-0.39, 0.29) is 11.8 Å². The Morgan fingerprint density at radius 2 is 1.90 bits per heavy atom. The van der Waals surface area contributed by atoms with E-state index < -0.39 is 0 Å². The van der Waals surface area contributed by atoms with Crippen molar-refractivity contribution < 1.29 is 9.59 Å². The van der Waals surface area contributed by atoms with Crippen molar-refractivity contribution in [2.75, 3.05) is 0 Å². The molecule has 10 heavy (non-hydrogen) atoms. The molecule has 0 rings (SSSR count). The second-order valence-electron chi connectivity index (χ2n) is 1.98. The van der Waals surface area contributed by atoms with Gasteiger partial charge in [0.15, 0.2) is 0 Å². The van der Waals surface area contributed by atoms with Crippen molar-refractivity contribution in [3.05, 3.63) is 0 Å². The van der Waals surface area contributed by atoms with Gasteiger partial charge in [-0.25, -0.2) is 0 Å². The molecule has 2 N–H and O–H groups in total. The minimum atomic E-state index is -0.260. The van der Waals surface area contributed by atoms with Gasteiger partial charge in [0.05, 0.1) is 0 Å². The molecule has 0 aliphatic carbocycles. The summed E-state index contributed by atoms with van der Waals surface area (Å²) in [6, 6.07) is 0. The predicted molar refractivity (Wildman–Crippen MR) is 36.9 cm³/mol. The predicted octanol–water partition coefficient (Wildman–Crippen LogP) is -0.0462. The molecule has 0 aliphatic rings. The van der Waals surface area contributed by atoms with Crippen molar-refractivity contribution in [3.63, 3.8) is 0 Å². The molecule has 4 nitrogen and oxygen atoms in total. The van der Waals surface area contributed by atoms with E-state index in [9.17, 15) is 9.59 Å². The van der Waals surface area contributed by atoms with Gasteiger partial charge in [-0.05, 0) is 6.42 Å². The van der Waals surface area contributed by atoms with Crippen LogP contribution in [0, 0.1) is 0 Å². The lowest BCUT2D eigenvalue weighted by Gasteiger charge is -2.02. The molecule has 0 aromatic heterocycles. The molecule has 0 unspecified atom stereocenters. The second kappa shape index (κ2) is 4.78. The highest BCUT2D eigenvalue weighted by Gasteiger charge is 1.97. The van der Waals surface area contributed by atoms with Gasteiger partial charge >= 0.3 is 0 Å². The fourth-order valence-electron chi connectivity index (χ4n) is 0.447. The fraction of sp³-hybridized carbons (Fsp3) is 0.667. The first-order chi connectivity index (χ1) is 4.66. The monoisotopic (exact) mass is 144 g/mol. The van der Waals surface area contributed by atoms with Crippen molar-refractivity contribution >= 4 is 11.8 Å². The highest BCUT2D eigenvalue weighted by molar-refractivity contribution is 5.80. The lowest BCUT2D eigenvalue weighted by Crippen LogP contribution is -2.40. The first-order valence-electron chi connectivity index (χ1n) is 3.22. The van der Waals surface area contributed by atoms with Gasteiger partial charge in [0.2, 0.25) is 11.8 Å². The number of carbonyl (C=O) groups excluding carboxylic acids is 2. The number of hydrazine groups is 1. The van der Waals surface area contributed by atoms with Gasteiger partial charge in [-0.3, -0.25) is 20.4 Å². The van der Waals surface area contributed by atoms with Crippen LogP contribution in [-0.2, 0) is 9.59 Å². The van der Waals surface area contributed by atoms with Gasteiger partial charge in [0.25, 0.3) is 0 Å². The molecule has 0 heterocycles. The van der Waals surface area contributed by atoms with Gasteiger partial charge in [0.1, 0.15) is 0 Å². The van der Waals surface area contributed by atoms with Gasteiger partial charge < -0.3 is 0 Å². The van der Waals surface area contributed by atoms with Crippen molar-refractivity contribution in [1.29, 1.82) is 0 Å². The van der Waals surface area contributed by atoms with Crippen LogP contribution in [0.4, 0.5) is 0 Å². The Labute approximate surface area is 60.0 Å². The van der Waals surface area contributed by atoms with Crippen LogP contribution in [0.25, 0.3) is 0 Å². The highest BCUT2D eigenvalue weighted by Crippen LogP contribution is 1.82. The van der Waals surface area contributed by atoms with E-state index in [2.05, 4.69) is 10.9 Å². The average molecular weight is 144 g/mol. The third-order valence-electron chi connectivity index (χ3n) is 0.855. The Balaban J connectivity index is 3.30. The molecular weight excluding hydrogens is 132 g/mol. The summed E-state index contributed by atoms with van der Waals surface area (Å²) < 4.78 is 0. The molecule has 0 fully saturated rings. The van der Waals surface area contributed by atoms with E-state index in [4.69, 9.17) is 0 Å². The van der Waals surface area contributed by atoms with Crippen LogP contribution in [0.1, 0.15) is 26.7 Å². The van der Waals surface area contributed by atoms with Crippen molar-refractivity contribution in [1.82, 2.24) is 10.9 Å². The van der Waals surface area contributed by atoms with Crippen LogP contribution in [0.3, 0.4) is 0 Å². The normalized spacial score (nSPS) is 8.60. The summed E-state index contributed by atoms with van der Waals surface area (Å²) in [7, 11) is 0. The Bertz CT molecular complexity index is 134. The molecule has 4 heteroatoms. The van der Waals surface area contributed by atoms with Crippen molar-refractivity contribution in [3.8, 4) is 0 Å². The molecule has 0 aromatic rings. The molecule has 0 spiro atoms. The summed E-state index contributed by atoms with van der Waals surface area (Å²) in [5, 5.41) is 0. The number of hydrogen-bond acceptors (Lipinski definition) is 2. The van der Waals surface area contributed by atoms with Crippen molar-refractivity contribution in [2.24, 2.45) is 0 Å². The largest absolute Gasteiger partial charge is 0.274 e. The van der Waals surface area contributed by atoms with E-state index in [1.165, 1.54) is 6.92 Å². The summed E-state index contributed by atoms with van der Waals surface area (Å²) >= 11 is 0. The molecule has 0 atom stereocenters. The van der Waals surface area contributed by atoms with E-state index in [1.54, 1.807) is 0 Å². The Hall–Kier alpha value is -1.06. The quantitative estimate of drug-likeness (QED) is 0.534. The molecule has 0 radical (unpaired) electrons. The Kier molecular flexibility index (Phi) is 4.28. The number of nitrogens with one attached hydrogen (secondary N) is 2. The zero-order chi connectivity index (χ0) is 7.98. The van der Waals surface area contributed by atoms with Gasteiger partial charge in [-0.15, -0.1) is 0 Å². The maximum atomic E-state index is 10.6. The number of amides is 2. The number of rotatable bonds is 2. The van der Waals surface area contributed by atoms with Gasteiger partial charge in [0, 0.05) is 13.3 Å². The van der Waals surface area contributed by atoms with Crippen molar-refractivity contribution in [2.45, 2.75) is 26.7 Å². The zero-order valence-corrected chi connectivity index (χ0v) is 6.23. The lowest BCUT2D eigenvalue weighted by atomic mass is 10.3. The van der Waals surface area contributed by atoms with Crippen LogP contribution < -0.4 is 10.9 Å². The molecule has 0 saturated carbocycles. The highest BCUT2D eigenvalue weighted by atomic mass is 16.2. The summed E-state index contributed by atoms with van der Waals surface area (Å²) in [5.41, 5.74) is 4.44. The smallest absolute Gasteiger partial charge is 0.238 e. The van der Waals surface area contributed by atoms with E-state index in [1.807, 2.05) is 6.92 Å². The molecular formula is C6H12N2O2. The van der Waals surface area contributed by atoms with Gasteiger partial charge in [-0.2, -0.15) is 0 Å². The SMILES string of the molecule is CCCC(=O)NNC(C)=O. The second-order valence-corrected chi connectivity index (χ2v) is 1.98. The summed E-state index contributed by atoms with van der Waals surface area (Å²) in [5.74, 6) is -0.415. The zero-order valence-electron chi connectivity index (χ0n) is 6.23. The van der Waals surface area contributed by atoms with E-state index in [0.717, 1.165) is 6.42 Å². The standard InChI is InChI=1S/C6H12N2O2/c1-3-4-6(10)8-7-5(2)9/h3-4H2,1-2H3,(H,7,9)(H,8,10). The molecule has 0 bridgehead atoms. The fourth-order valence-corrected chi connectivity index (χ4v) is 0.447. The van der Waals surface area contributed by atoms with Gasteiger partial charge in [-0.1, -0.05) is 6.92 Å². The topological polar surface area (TPSA) is 58.2 Å². The van der Waals surface area contributed by atoms with Crippen LogP contribution in [-0.4, -0.2) is 11.8 Å². The lowest BCUT2D eigenvalue weighted by molar-refractivity contribution is -0.127. The van der Waals surface area contributed by atoms with Crippen LogP contribution in [0.5, 0.6) is 0 Å². The maximum Gasteiger partial charge on any atom is 0.238 e. The minimum absolute atomic E-state index is 0.155. The molecule has 0 aromatic carbocycles. The average Bonchev–Trinajstić information content (AvgIpc) is 1.85. The summed E-state index contributed by atoms with van der Waals surface area (Å²) in [6.07, 6.45) is 1.23. The van der Waals surface area contributed by atoms with Crippen LogP contribution in [0.2, 0.25) is 0 Å². The first-order valence-corrected chi connectivity index (χ1v) is 3.22. The molecule has 0 aliphatic heterocycles. The molecule has 2 amide bonds. The van der Waals surface area contributed by atoms with Crippen LogP contribution >= 0.6 is 0 Å². The maximum absolute atomic E-state index is 10.6. The van der Waals surface area contributed by atoms with E-state index >= 15 is 0 Å². The van der Waals surface area contributed by atoms with E-state index in [0.29, 0.717) is 6.42 Å². The Morgan fingerprint density at radius 1 is 1.30 bits per heavy atom. The number of hydrogen-bond donors (Lipinski definition) is 2. The summed E-state index contributed by atoms with van der Waals surface area (Å²) in [6.45, 7) is 3.24. The Morgan fingerprint density at radius 3 is 2.30 bits per heavy atom. The number of carbonyl (C=O) groups is 2.